The van der Waals surface area contributed by atoms with Crippen molar-refractivity contribution in [2.45, 2.75) is 6.92 Å². The van der Waals surface area contributed by atoms with Gasteiger partial charge in [0, 0.05) is 11.5 Å². The van der Waals surface area contributed by atoms with Crippen molar-refractivity contribution in [3.8, 4) is 0 Å². The quantitative estimate of drug-likeness (QED) is 0.592. The van der Waals surface area contributed by atoms with E-state index in [0.29, 0.717) is 5.58 Å². The highest BCUT2D eigenvalue weighted by atomic mass is 16.4. The second-order valence-corrected chi connectivity index (χ2v) is 5.22. The molecule has 0 aliphatic rings. The van der Waals surface area contributed by atoms with E-state index in [1.165, 1.54) is 6.08 Å². The van der Waals surface area contributed by atoms with Crippen LogP contribution in [-0.4, -0.2) is 5.91 Å². The zero-order valence-electron chi connectivity index (χ0n) is 12.6. The van der Waals surface area contributed by atoms with E-state index < -0.39 is 5.63 Å². The van der Waals surface area contributed by atoms with Gasteiger partial charge in [-0.2, -0.15) is 0 Å². The molecule has 0 atom stereocenters. The van der Waals surface area contributed by atoms with Gasteiger partial charge in [-0.05, 0) is 30.7 Å². The monoisotopic (exact) mass is 305 g/mol. The van der Waals surface area contributed by atoms with E-state index in [1.54, 1.807) is 24.3 Å². The summed E-state index contributed by atoms with van der Waals surface area (Å²) in [5.74, 6) is -0.381. The van der Waals surface area contributed by atoms with Crippen LogP contribution in [-0.2, 0) is 4.79 Å². The van der Waals surface area contributed by atoms with Crippen molar-refractivity contribution in [3.63, 3.8) is 0 Å². The molecule has 0 unspecified atom stereocenters. The fourth-order valence-electron chi connectivity index (χ4n) is 2.17. The minimum Gasteiger partial charge on any atom is -0.421 e. The minimum absolute atomic E-state index is 0.127. The van der Waals surface area contributed by atoms with E-state index in [1.807, 2.05) is 43.3 Å². The Labute approximate surface area is 133 Å². The molecule has 1 N–H and O–H groups in total. The third-order valence-corrected chi connectivity index (χ3v) is 3.40. The molecule has 2 aromatic carbocycles. The first-order valence-electron chi connectivity index (χ1n) is 7.20. The Kier molecular flexibility index (Phi) is 4.06. The fourth-order valence-corrected chi connectivity index (χ4v) is 2.17. The third-order valence-electron chi connectivity index (χ3n) is 3.40. The average molecular weight is 305 g/mol. The summed E-state index contributed by atoms with van der Waals surface area (Å²) in [5, 5.41) is 3.31. The van der Waals surface area contributed by atoms with Crippen molar-refractivity contribution in [1.29, 1.82) is 0 Å². The van der Waals surface area contributed by atoms with Crippen LogP contribution in [0.25, 0.3) is 17.0 Å². The highest BCUT2D eigenvalue weighted by molar-refractivity contribution is 6.02. The lowest BCUT2D eigenvalue weighted by Gasteiger charge is -2.02. The molecule has 3 aromatic rings. The summed E-state index contributed by atoms with van der Waals surface area (Å²) in [6.45, 7) is 2.00. The number of carbonyl (C=O) groups excluding carboxylic acids is 1. The molecule has 23 heavy (non-hydrogen) atoms. The molecule has 4 nitrogen and oxygen atoms in total. The summed E-state index contributed by atoms with van der Waals surface area (Å²) >= 11 is 0. The zero-order chi connectivity index (χ0) is 16.2. The second kappa shape index (κ2) is 6.32. The molecule has 0 saturated carbocycles. The molecule has 114 valence electrons. The Morgan fingerprint density at radius 2 is 1.83 bits per heavy atom. The Bertz CT molecular complexity index is 937. The van der Waals surface area contributed by atoms with Gasteiger partial charge < -0.3 is 9.73 Å². The highest BCUT2D eigenvalue weighted by Gasteiger charge is 2.06. The van der Waals surface area contributed by atoms with E-state index in [0.717, 1.165) is 16.5 Å². The first-order chi connectivity index (χ1) is 11.1. The minimum atomic E-state index is -0.569. The van der Waals surface area contributed by atoms with E-state index in [-0.39, 0.29) is 11.6 Å². The lowest BCUT2D eigenvalue weighted by molar-refractivity contribution is -0.111. The van der Waals surface area contributed by atoms with Crippen LogP contribution >= 0.6 is 0 Å². The number of rotatable bonds is 3. The molecule has 1 heterocycles. The number of carbonyl (C=O) groups is 1. The SMILES string of the molecule is Cc1ccc(/C=C/C(=O)Nc2cc3ccccc3oc2=O)cc1. The Morgan fingerprint density at radius 3 is 2.61 bits per heavy atom. The molecular weight excluding hydrogens is 290 g/mol. The van der Waals surface area contributed by atoms with Crippen molar-refractivity contribution in [2.24, 2.45) is 0 Å². The Morgan fingerprint density at radius 1 is 1.09 bits per heavy atom. The van der Waals surface area contributed by atoms with E-state index in [9.17, 15) is 9.59 Å². The van der Waals surface area contributed by atoms with Crippen LogP contribution in [0.4, 0.5) is 5.69 Å². The maximum Gasteiger partial charge on any atom is 0.360 e. The number of para-hydroxylation sites is 1. The number of fused-ring (bicyclic) bond motifs is 1. The largest absolute Gasteiger partial charge is 0.421 e. The summed E-state index contributed by atoms with van der Waals surface area (Å²) in [6.07, 6.45) is 3.08. The summed E-state index contributed by atoms with van der Waals surface area (Å²) in [4.78, 5) is 23.8. The molecule has 0 saturated heterocycles. The summed E-state index contributed by atoms with van der Waals surface area (Å²) in [6, 6.07) is 16.5. The van der Waals surface area contributed by atoms with Crippen LogP contribution in [0, 0.1) is 6.92 Å². The first-order valence-corrected chi connectivity index (χ1v) is 7.20. The van der Waals surface area contributed by atoms with Gasteiger partial charge in [0.1, 0.15) is 11.3 Å². The lowest BCUT2D eigenvalue weighted by Crippen LogP contribution is -2.15. The molecular formula is C19H15NO3. The molecule has 1 aromatic heterocycles. The van der Waals surface area contributed by atoms with Gasteiger partial charge in [0.15, 0.2) is 0 Å². The van der Waals surface area contributed by atoms with Gasteiger partial charge in [-0.1, -0.05) is 48.0 Å². The molecule has 4 heteroatoms. The summed E-state index contributed by atoms with van der Waals surface area (Å²) in [5.41, 5.74) is 2.12. The zero-order valence-corrected chi connectivity index (χ0v) is 12.6. The number of aryl methyl sites for hydroxylation is 1. The maximum absolute atomic E-state index is 12.0. The van der Waals surface area contributed by atoms with Gasteiger partial charge in [0.25, 0.3) is 0 Å². The van der Waals surface area contributed by atoms with Gasteiger partial charge in [-0.25, -0.2) is 4.79 Å². The number of amides is 1. The second-order valence-electron chi connectivity index (χ2n) is 5.22. The highest BCUT2D eigenvalue weighted by Crippen LogP contribution is 2.15. The standard InChI is InChI=1S/C19H15NO3/c1-13-6-8-14(9-7-13)10-11-18(21)20-16-12-15-4-2-3-5-17(15)23-19(16)22/h2-12H,1H3,(H,20,21)/b11-10+. The van der Waals surface area contributed by atoms with Gasteiger partial charge in [0.05, 0.1) is 0 Å². The molecule has 0 bridgehead atoms. The predicted molar refractivity (Wildman–Crippen MR) is 91.3 cm³/mol. The van der Waals surface area contributed by atoms with Crippen molar-refractivity contribution < 1.29 is 9.21 Å². The number of hydrogen-bond donors (Lipinski definition) is 1. The summed E-state index contributed by atoms with van der Waals surface area (Å²) < 4.78 is 5.18. The Hall–Kier alpha value is -3.14. The van der Waals surface area contributed by atoms with Crippen LogP contribution in [0.1, 0.15) is 11.1 Å². The van der Waals surface area contributed by atoms with Gasteiger partial charge in [0.2, 0.25) is 5.91 Å². The third kappa shape index (κ3) is 3.55. The van der Waals surface area contributed by atoms with Crippen LogP contribution in [0.3, 0.4) is 0 Å². The van der Waals surface area contributed by atoms with E-state index in [2.05, 4.69) is 5.32 Å². The lowest BCUT2D eigenvalue weighted by atomic mass is 10.1. The molecule has 0 spiro atoms. The smallest absolute Gasteiger partial charge is 0.360 e. The predicted octanol–water partition coefficient (Wildman–Crippen LogP) is 3.75. The normalized spacial score (nSPS) is 11.0. The molecule has 0 aliphatic carbocycles. The van der Waals surface area contributed by atoms with E-state index in [4.69, 9.17) is 4.42 Å². The molecule has 0 radical (unpaired) electrons. The van der Waals surface area contributed by atoms with Gasteiger partial charge in [-0.3, -0.25) is 4.79 Å². The number of anilines is 1. The molecule has 1 amide bonds. The van der Waals surface area contributed by atoms with Crippen LogP contribution in [0.5, 0.6) is 0 Å². The van der Waals surface area contributed by atoms with Crippen molar-refractivity contribution in [2.75, 3.05) is 5.32 Å². The van der Waals surface area contributed by atoms with Crippen LogP contribution < -0.4 is 10.9 Å². The molecule has 3 rings (SSSR count). The fraction of sp³-hybridized carbons (Fsp3) is 0.0526. The van der Waals surface area contributed by atoms with Gasteiger partial charge >= 0.3 is 5.63 Å². The summed E-state index contributed by atoms with van der Waals surface area (Å²) in [7, 11) is 0. The number of hydrogen-bond acceptors (Lipinski definition) is 3. The molecule has 0 fully saturated rings. The Balaban J connectivity index is 1.78. The number of nitrogens with one attached hydrogen (secondary N) is 1. The van der Waals surface area contributed by atoms with Gasteiger partial charge in [-0.15, -0.1) is 0 Å². The van der Waals surface area contributed by atoms with Crippen molar-refractivity contribution in [3.05, 3.63) is 82.2 Å². The van der Waals surface area contributed by atoms with Crippen LogP contribution in [0.2, 0.25) is 0 Å². The molecule has 0 aliphatic heterocycles. The van der Waals surface area contributed by atoms with Crippen LogP contribution in [0.15, 0.2) is 69.9 Å². The van der Waals surface area contributed by atoms with Crippen molar-refractivity contribution in [1.82, 2.24) is 0 Å². The van der Waals surface area contributed by atoms with Crippen molar-refractivity contribution >= 4 is 28.6 Å². The van der Waals surface area contributed by atoms with E-state index >= 15 is 0 Å². The number of benzene rings is 2. The average Bonchev–Trinajstić information content (AvgIpc) is 2.55. The first kappa shape index (κ1) is 14.8. The maximum atomic E-state index is 12.0. The topological polar surface area (TPSA) is 59.3 Å².